The van der Waals surface area contributed by atoms with Crippen LogP contribution in [0.25, 0.3) is 0 Å². The molecule has 1 aromatic heterocycles. The van der Waals surface area contributed by atoms with Crippen LogP contribution in [0, 0.1) is 0 Å². The van der Waals surface area contributed by atoms with E-state index in [4.69, 9.17) is 9.47 Å². The molecule has 168 valence electrons. The largest absolute Gasteiger partial charge is 0.383 e. The number of carbonyl (C=O) groups is 1. The first-order valence-electron chi connectivity index (χ1n) is 10.1. The number of H-pyrrole nitrogens is 1. The molecule has 1 heterocycles. The molecule has 9 nitrogen and oxygen atoms in total. The Morgan fingerprint density at radius 2 is 1.66 bits per heavy atom. The van der Waals surface area contributed by atoms with Crippen molar-refractivity contribution in [3.63, 3.8) is 0 Å². The highest BCUT2D eigenvalue weighted by Gasteiger charge is 2.17. The molecule has 3 rings (SSSR count). The van der Waals surface area contributed by atoms with Crippen molar-refractivity contribution in [2.75, 3.05) is 31.0 Å². The van der Waals surface area contributed by atoms with Gasteiger partial charge in [-0.15, -0.1) is 0 Å². The first-order valence-corrected chi connectivity index (χ1v) is 10.1. The number of hydrogen-bond donors (Lipinski definition) is 3. The Bertz CT molecular complexity index is 1130. The number of nitrogens with one attached hydrogen (secondary N) is 3. The number of aromatic amines is 1. The van der Waals surface area contributed by atoms with Crippen molar-refractivity contribution in [1.29, 1.82) is 0 Å². The number of methoxy groups -OCH3 is 1. The van der Waals surface area contributed by atoms with Gasteiger partial charge in [0.25, 0.3) is 11.5 Å². The molecular weight excluding hydrogens is 412 g/mol. The number of hydrogen-bond acceptors (Lipinski definition) is 6. The first kappa shape index (κ1) is 23.0. The van der Waals surface area contributed by atoms with Crippen molar-refractivity contribution in [2.45, 2.75) is 19.7 Å². The lowest BCUT2D eigenvalue weighted by molar-refractivity contribution is -0.121. The van der Waals surface area contributed by atoms with E-state index in [1.807, 2.05) is 60.7 Å². The summed E-state index contributed by atoms with van der Waals surface area (Å²) < 4.78 is 11.8. The van der Waals surface area contributed by atoms with E-state index >= 15 is 0 Å². The molecule has 0 aliphatic heterocycles. The smallest absolute Gasteiger partial charge is 0.330 e. The van der Waals surface area contributed by atoms with Gasteiger partial charge in [0, 0.05) is 13.7 Å². The van der Waals surface area contributed by atoms with Gasteiger partial charge in [0.15, 0.2) is 0 Å². The summed E-state index contributed by atoms with van der Waals surface area (Å²) in [5.41, 5.74) is 0.683. The number of aromatic nitrogens is 2. The Kier molecular flexibility index (Phi) is 8.36. The summed E-state index contributed by atoms with van der Waals surface area (Å²) in [5, 5.41) is 5.68. The van der Waals surface area contributed by atoms with Gasteiger partial charge in [-0.05, 0) is 11.1 Å². The molecule has 3 N–H and O–H groups in total. The van der Waals surface area contributed by atoms with Gasteiger partial charge in [-0.1, -0.05) is 60.7 Å². The molecule has 0 atom stereocenters. The summed E-state index contributed by atoms with van der Waals surface area (Å²) in [6.45, 7) is 0.724. The van der Waals surface area contributed by atoms with Crippen LogP contribution < -0.4 is 21.9 Å². The van der Waals surface area contributed by atoms with Crippen LogP contribution in [-0.4, -0.2) is 35.8 Å². The van der Waals surface area contributed by atoms with E-state index in [1.165, 1.54) is 11.7 Å². The summed E-state index contributed by atoms with van der Waals surface area (Å²) in [5.74, 6) is -0.417. The number of ether oxygens (including phenoxy) is 2. The average molecular weight is 438 g/mol. The normalized spacial score (nSPS) is 10.7. The standard InChI is InChI=1S/C23H26N4O5/c1-31-13-12-27-21(25-19(28)16-32-15-18-10-6-3-7-11-18)20(22(29)26-23(27)30)24-14-17-8-4-2-5-9-17/h2-11,24H,12-16H2,1H3,(H,25,28)(H,26,29,30). The van der Waals surface area contributed by atoms with Crippen molar-refractivity contribution in [2.24, 2.45) is 0 Å². The minimum atomic E-state index is -0.641. The molecule has 0 aliphatic rings. The zero-order valence-corrected chi connectivity index (χ0v) is 17.8. The zero-order chi connectivity index (χ0) is 22.8. The Morgan fingerprint density at radius 3 is 2.31 bits per heavy atom. The second-order valence-corrected chi connectivity index (χ2v) is 6.99. The van der Waals surface area contributed by atoms with Crippen LogP contribution in [-0.2, 0) is 34.0 Å². The van der Waals surface area contributed by atoms with Crippen molar-refractivity contribution in [1.82, 2.24) is 9.55 Å². The highest BCUT2D eigenvalue weighted by Crippen LogP contribution is 2.16. The van der Waals surface area contributed by atoms with Crippen molar-refractivity contribution in [3.8, 4) is 0 Å². The first-order chi connectivity index (χ1) is 15.6. The molecule has 0 saturated carbocycles. The molecule has 1 amide bonds. The molecule has 0 fully saturated rings. The molecule has 0 unspecified atom stereocenters. The van der Waals surface area contributed by atoms with Gasteiger partial charge in [0.1, 0.15) is 18.1 Å². The number of anilines is 2. The van der Waals surface area contributed by atoms with Crippen LogP contribution in [0.5, 0.6) is 0 Å². The lowest BCUT2D eigenvalue weighted by Gasteiger charge is -2.18. The third-order valence-electron chi connectivity index (χ3n) is 4.63. The lowest BCUT2D eigenvalue weighted by Crippen LogP contribution is -2.36. The third kappa shape index (κ3) is 6.40. The third-order valence-corrected chi connectivity index (χ3v) is 4.63. The molecule has 0 aliphatic carbocycles. The van der Waals surface area contributed by atoms with Crippen LogP contribution in [0.15, 0.2) is 70.3 Å². The summed E-state index contributed by atoms with van der Waals surface area (Å²) in [6.07, 6.45) is 0. The topological polar surface area (TPSA) is 114 Å². The van der Waals surface area contributed by atoms with Crippen LogP contribution in [0.1, 0.15) is 11.1 Å². The summed E-state index contributed by atoms with van der Waals surface area (Å²) in [6, 6.07) is 18.9. The van der Waals surface area contributed by atoms with Gasteiger partial charge >= 0.3 is 5.69 Å². The average Bonchev–Trinajstić information content (AvgIpc) is 2.80. The maximum Gasteiger partial charge on any atom is 0.330 e. The Morgan fingerprint density at radius 1 is 1.00 bits per heavy atom. The fourth-order valence-electron chi connectivity index (χ4n) is 3.05. The monoisotopic (exact) mass is 438 g/mol. The van der Waals surface area contributed by atoms with E-state index in [9.17, 15) is 14.4 Å². The van der Waals surface area contributed by atoms with Gasteiger partial charge in [-0.25, -0.2) is 4.79 Å². The Balaban J connectivity index is 1.79. The van der Waals surface area contributed by atoms with Crippen LogP contribution in [0.2, 0.25) is 0 Å². The van der Waals surface area contributed by atoms with Crippen LogP contribution in [0.4, 0.5) is 11.5 Å². The van der Waals surface area contributed by atoms with E-state index in [-0.39, 0.29) is 37.9 Å². The summed E-state index contributed by atoms with van der Waals surface area (Å²) in [7, 11) is 1.50. The molecule has 32 heavy (non-hydrogen) atoms. The highest BCUT2D eigenvalue weighted by molar-refractivity contribution is 5.93. The van der Waals surface area contributed by atoms with Gasteiger partial charge in [-0.3, -0.25) is 19.1 Å². The van der Waals surface area contributed by atoms with Crippen molar-refractivity contribution < 1.29 is 14.3 Å². The zero-order valence-electron chi connectivity index (χ0n) is 17.8. The summed E-state index contributed by atoms with van der Waals surface area (Å²) in [4.78, 5) is 39.8. The minimum absolute atomic E-state index is 0.0695. The molecule has 0 saturated heterocycles. The second kappa shape index (κ2) is 11.6. The fraction of sp³-hybridized carbons (Fsp3) is 0.261. The number of rotatable bonds is 11. The van der Waals surface area contributed by atoms with Crippen molar-refractivity contribution >= 4 is 17.4 Å². The summed E-state index contributed by atoms with van der Waals surface area (Å²) >= 11 is 0. The van der Waals surface area contributed by atoms with E-state index in [1.54, 1.807) is 0 Å². The predicted molar refractivity (Wildman–Crippen MR) is 122 cm³/mol. The fourth-order valence-corrected chi connectivity index (χ4v) is 3.05. The number of nitrogens with zero attached hydrogens (tertiary/aromatic N) is 1. The second-order valence-electron chi connectivity index (χ2n) is 6.99. The lowest BCUT2D eigenvalue weighted by atomic mass is 10.2. The molecular formula is C23H26N4O5. The van der Waals surface area contributed by atoms with E-state index < -0.39 is 17.2 Å². The molecule has 0 spiro atoms. The molecule has 0 radical (unpaired) electrons. The number of carbonyl (C=O) groups excluding carboxylic acids is 1. The van der Waals surface area contributed by atoms with E-state index in [0.717, 1.165) is 11.1 Å². The van der Waals surface area contributed by atoms with Crippen LogP contribution in [0.3, 0.4) is 0 Å². The van der Waals surface area contributed by atoms with E-state index in [2.05, 4.69) is 15.6 Å². The number of benzene rings is 2. The SMILES string of the molecule is COCCn1c(NC(=O)COCc2ccccc2)c(NCc2ccccc2)c(=O)[nH]c1=O. The molecule has 9 heteroatoms. The van der Waals surface area contributed by atoms with E-state index in [0.29, 0.717) is 6.54 Å². The van der Waals surface area contributed by atoms with Gasteiger partial charge in [0.05, 0.1) is 19.8 Å². The Hall–Kier alpha value is -3.69. The highest BCUT2D eigenvalue weighted by atomic mass is 16.5. The maximum atomic E-state index is 12.6. The number of amides is 1. The van der Waals surface area contributed by atoms with Gasteiger partial charge < -0.3 is 20.1 Å². The quantitative estimate of drug-likeness (QED) is 0.422. The van der Waals surface area contributed by atoms with Gasteiger partial charge in [0.2, 0.25) is 0 Å². The van der Waals surface area contributed by atoms with Crippen molar-refractivity contribution in [3.05, 3.63) is 92.6 Å². The molecule has 3 aromatic rings. The molecule has 2 aromatic carbocycles. The maximum absolute atomic E-state index is 12.6. The predicted octanol–water partition coefficient (Wildman–Crippen LogP) is 1.95. The molecule has 0 bridgehead atoms. The van der Waals surface area contributed by atoms with Crippen LogP contribution >= 0.6 is 0 Å². The van der Waals surface area contributed by atoms with Gasteiger partial charge in [-0.2, -0.15) is 0 Å². The Labute approximate surface area is 185 Å². The minimum Gasteiger partial charge on any atom is -0.383 e.